The fourth-order valence-corrected chi connectivity index (χ4v) is 4.04. The number of anilines is 1. The summed E-state index contributed by atoms with van der Waals surface area (Å²) >= 11 is 0. The monoisotopic (exact) mass is 514 g/mol. The molecule has 0 saturated carbocycles. The first-order chi connectivity index (χ1) is 17.4. The summed E-state index contributed by atoms with van der Waals surface area (Å²) in [6.07, 6.45) is -3.49. The number of nitrogens with one attached hydrogen (secondary N) is 3. The minimum atomic E-state index is -4.58. The van der Waals surface area contributed by atoms with Gasteiger partial charge in [0.15, 0.2) is 0 Å². The molecule has 2 aliphatic heterocycles. The summed E-state index contributed by atoms with van der Waals surface area (Å²) in [6, 6.07) is 8.88. The van der Waals surface area contributed by atoms with Gasteiger partial charge in [0.25, 0.3) is 17.7 Å². The lowest BCUT2D eigenvalue weighted by Gasteiger charge is -2.28. The highest BCUT2D eigenvalue weighted by atomic mass is 19.4. The Kier molecular flexibility index (Phi) is 6.84. The van der Waals surface area contributed by atoms with Crippen molar-refractivity contribution in [3.8, 4) is 0 Å². The van der Waals surface area contributed by atoms with Gasteiger partial charge in [0.1, 0.15) is 11.7 Å². The average Bonchev–Trinajstić information content (AvgIpc) is 3.11. The molecule has 2 heterocycles. The van der Waals surface area contributed by atoms with Crippen LogP contribution >= 0.6 is 0 Å². The van der Waals surface area contributed by atoms with Gasteiger partial charge in [-0.15, -0.1) is 0 Å². The molecule has 192 valence electrons. The summed E-state index contributed by atoms with van der Waals surface area (Å²) in [4.78, 5) is 62.1. The normalized spacial score (nSPS) is 18.9. The van der Waals surface area contributed by atoms with Gasteiger partial charge in [-0.3, -0.25) is 34.2 Å². The zero-order valence-corrected chi connectivity index (χ0v) is 19.4. The fraction of sp³-hybridized carbons (Fsp3) is 0.240. The lowest BCUT2D eigenvalue weighted by Crippen LogP contribution is -2.54. The molecule has 0 radical (unpaired) electrons. The number of piperidine rings is 1. The second-order valence-electron chi connectivity index (χ2n) is 8.56. The van der Waals surface area contributed by atoms with E-state index in [-0.39, 0.29) is 24.1 Å². The number of halogens is 3. The Morgan fingerprint density at radius 2 is 1.81 bits per heavy atom. The molecule has 0 aliphatic carbocycles. The van der Waals surface area contributed by atoms with Crippen LogP contribution in [-0.4, -0.2) is 40.5 Å². The third-order valence-corrected chi connectivity index (χ3v) is 5.94. The Balaban J connectivity index is 1.44. The number of hydrogen-bond acceptors (Lipinski definition) is 6. The SMILES string of the molecule is CC(NC(=O)c1cccc(C(F)(F)F)c1)c1cccc(NC2=CC(=O)N(C3CCC(=O)NC3=O)C2=O)c1. The highest BCUT2D eigenvalue weighted by molar-refractivity contribution is 6.20. The number of carbonyl (C=O) groups is 5. The molecule has 12 heteroatoms. The van der Waals surface area contributed by atoms with Gasteiger partial charge in [0.2, 0.25) is 11.8 Å². The number of carbonyl (C=O) groups excluding carboxylic acids is 5. The van der Waals surface area contributed by atoms with E-state index >= 15 is 0 Å². The average molecular weight is 514 g/mol. The third kappa shape index (κ3) is 5.52. The summed E-state index contributed by atoms with van der Waals surface area (Å²) in [5.41, 5.74) is -0.188. The summed E-state index contributed by atoms with van der Waals surface area (Å²) in [7, 11) is 0. The van der Waals surface area contributed by atoms with Gasteiger partial charge < -0.3 is 10.6 Å². The van der Waals surface area contributed by atoms with Gasteiger partial charge in [-0.2, -0.15) is 13.2 Å². The Bertz CT molecular complexity index is 1340. The first-order valence-corrected chi connectivity index (χ1v) is 11.2. The Hall–Kier alpha value is -4.48. The van der Waals surface area contributed by atoms with Crippen molar-refractivity contribution < 1.29 is 37.1 Å². The molecule has 0 aromatic heterocycles. The van der Waals surface area contributed by atoms with Crippen molar-refractivity contribution in [3.05, 3.63) is 77.0 Å². The zero-order valence-electron chi connectivity index (χ0n) is 19.4. The van der Waals surface area contributed by atoms with Crippen molar-refractivity contribution in [1.29, 1.82) is 0 Å². The van der Waals surface area contributed by atoms with Crippen LogP contribution in [0, 0.1) is 0 Å². The van der Waals surface area contributed by atoms with E-state index in [4.69, 9.17) is 0 Å². The van der Waals surface area contributed by atoms with Gasteiger partial charge >= 0.3 is 6.18 Å². The molecule has 1 fully saturated rings. The minimum absolute atomic E-state index is 0.00236. The van der Waals surface area contributed by atoms with Crippen molar-refractivity contribution in [2.75, 3.05) is 5.32 Å². The number of hydrogen-bond donors (Lipinski definition) is 3. The lowest BCUT2D eigenvalue weighted by molar-refractivity contribution is -0.149. The van der Waals surface area contributed by atoms with E-state index in [2.05, 4.69) is 16.0 Å². The van der Waals surface area contributed by atoms with Crippen LogP contribution in [-0.2, 0) is 25.4 Å². The molecule has 0 spiro atoms. The molecule has 0 bridgehead atoms. The molecule has 4 rings (SSSR count). The van der Waals surface area contributed by atoms with Gasteiger partial charge in [0.05, 0.1) is 11.6 Å². The smallest absolute Gasteiger partial charge is 0.351 e. The van der Waals surface area contributed by atoms with E-state index in [0.29, 0.717) is 11.3 Å². The van der Waals surface area contributed by atoms with Gasteiger partial charge in [-0.25, -0.2) is 0 Å². The molecule has 5 amide bonds. The molecule has 37 heavy (non-hydrogen) atoms. The van der Waals surface area contributed by atoms with E-state index in [9.17, 15) is 37.1 Å². The number of imide groups is 2. The van der Waals surface area contributed by atoms with Crippen LogP contribution in [0.15, 0.2) is 60.3 Å². The Labute approximate surface area is 208 Å². The van der Waals surface area contributed by atoms with Gasteiger partial charge in [0, 0.05) is 23.7 Å². The minimum Gasteiger partial charge on any atom is -0.351 e. The van der Waals surface area contributed by atoms with Crippen LogP contribution in [0.4, 0.5) is 18.9 Å². The maximum Gasteiger partial charge on any atom is 0.416 e. The molecule has 2 unspecified atom stereocenters. The summed E-state index contributed by atoms with van der Waals surface area (Å²) in [5.74, 6) is -3.32. The van der Waals surface area contributed by atoms with Gasteiger partial charge in [-0.1, -0.05) is 18.2 Å². The summed E-state index contributed by atoms with van der Waals surface area (Å²) < 4.78 is 38.9. The standard InChI is InChI=1S/C25H21F3N4O5/c1-13(29-22(35)15-5-2-6-16(10-15)25(26,27)28)14-4-3-7-17(11-14)30-18-12-21(34)32(24(18)37)19-8-9-20(33)31-23(19)36/h2-7,10-13,19,30H,8-9H2,1H3,(H,29,35)(H,31,33,36). The van der Waals surface area contributed by atoms with Crippen LogP contribution in [0.2, 0.25) is 0 Å². The number of benzene rings is 2. The second kappa shape index (κ2) is 9.88. The predicted octanol–water partition coefficient (Wildman–Crippen LogP) is 2.67. The van der Waals surface area contributed by atoms with E-state index in [1.165, 1.54) is 6.07 Å². The maximum atomic E-state index is 13.0. The largest absolute Gasteiger partial charge is 0.416 e. The maximum absolute atomic E-state index is 13.0. The van der Waals surface area contributed by atoms with Crippen LogP contribution in [0.1, 0.15) is 47.3 Å². The van der Waals surface area contributed by atoms with E-state index < -0.39 is 53.4 Å². The zero-order chi connectivity index (χ0) is 26.9. The first kappa shape index (κ1) is 25.6. The van der Waals surface area contributed by atoms with Crippen LogP contribution in [0.5, 0.6) is 0 Å². The molecule has 2 aromatic carbocycles. The van der Waals surface area contributed by atoms with Crippen molar-refractivity contribution in [2.45, 2.75) is 38.0 Å². The highest BCUT2D eigenvalue weighted by Gasteiger charge is 2.42. The Morgan fingerprint density at radius 1 is 1.08 bits per heavy atom. The topological polar surface area (TPSA) is 125 Å². The lowest BCUT2D eigenvalue weighted by atomic mass is 10.0. The van der Waals surface area contributed by atoms with E-state index in [0.717, 1.165) is 29.2 Å². The summed E-state index contributed by atoms with van der Waals surface area (Å²) in [6.45, 7) is 1.64. The summed E-state index contributed by atoms with van der Waals surface area (Å²) in [5, 5.41) is 7.58. The van der Waals surface area contributed by atoms with E-state index in [1.807, 2.05) is 0 Å². The van der Waals surface area contributed by atoms with Crippen LogP contribution in [0.3, 0.4) is 0 Å². The predicted molar refractivity (Wildman–Crippen MR) is 123 cm³/mol. The molecule has 2 aliphatic rings. The van der Waals surface area contributed by atoms with E-state index in [1.54, 1.807) is 31.2 Å². The number of rotatable bonds is 6. The first-order valence-electron chi connectivity index (χ1n) is 11.2. The van der Waals surface area contributed by atoms with Crippen molar-refractivity contribution in [1.82, 2.24) is 15.5 Å². The quantitative estimate of drug-likeness (QED) is 0.510. The molecular weight excluding hydrogens is 493 g/mol. The second-order valence-corrected chi connectivity index (χ2v) is 8.56. The van der Waals surface area contributed by atoms with Crippen LogP contribution in [0.25, 0.3) is 0 Å². The van der Waals surface area contributed by atoms with Gasteiger partial charge in [-0.05, 0) is 49.2 Å². The molecule has 2 atom stereocenters. The highest BCUT2D eigenvalue weighted by Crippen LogP contribution is 2.30. The Morgan fingerprint density at radius 3 is 2.51 bits per heavy atom. The third-order valence-electron chi connectivity index (χ3n) is 5.94. The van der Waals surface area contributed by atoms with Crippen molar-refractivity contribution in [3.63, 3.8) is 0 Å². The molecular formula is C25H21F3N4O5. The molecule has 9 nitrogen and oxygen atoms in total. The molecule has 3 N–H and O–H groups in total. The molecule has 1 saturated heterocycles. The number of alkyl halides is 3. The molecule has 2 aromatic rings. The number of nitrogens with zero attached hydrogens (tertiary/aromatic N) is 1. The van der Waals surface area contributed by atoms with Crippen LogP contribution < -0.4 is 16.0 Å². The van der Waals surface area contributed by atoms with Crippen molar-refractivity contribution in [2.24, 2.45) is 0 Å². The van der Waals surface area contributed by atoms with Crippen molar-refractivity contribution >= 4 is 35.2 Å². The number of amides is 5. The fourth-order valence-electron chi connectivity index (χ4n) is 4.04.